The number of nitrogens with one attached hydrogen (secondary N) is 1. The van der Waals surface area contributed by atoms with Crippen molar-refractivity contribution in [3.63, 3.8) is 0 Å². The van der Waals surface area contributed by atoms with Gasteiger partial charge in [-0.1, -0.05) is 39.0 Å². The van der Waals surface area contributed by atoms with Crippen molar-refractivity contribution in [1.29, 1.82) is 0 Å². The summed E-state index contributed by atoms with van der Waals surface area (Å²) in [5.41, 5.74) is 1.68. The third kappa shape index (κ3) is 2.86. The predicted molar refractivity (Wildman–Crippen MR) is 76.2 cm³/mol. The maximum absolute atomic E-state index is 5.73. The van der Waals surface area contributed by atoms with Gasteiger partial charge in [0.05, 0.1) is 6.61 Å². The molecule has 1 N–H and O–H groups in total. The third-order valence-corrected chi connectivity index (χ3v) is 4.00. The lowest BCUT2D eigenvalue weighted by Gasteiger charge is -2.35. The first kappa shape index (κ1) is 13.4. The average Bonchev–Trinajstić information content (AvgIpc) is 2.34. The van der Waals surface area contributed by atoms with Crippen LogP contribution < -0.4 is 10.1 Å². The molecule has 0 fully saturated rings. The highest BCUT2D eigenvalue weighted by Crippen LogP contribution is 2.38. The molecule has 0 aromatic heterocycles. The summed E-state index contributed by atoms with van der Waals surface area (Å²) >= 11 is 0. The van der Waals surface area contributed by atoms with E-state index in [0.29, 0.717) is 17.4 Å². The summed E-state index contributed by atoms with van der Waals surface area (Å²) in [6, 6.07) is 9.02. The molecule has 0 radical (unpaired) electrons. The standard InChI is InChI=1S/C16H25NO/c1-16(2,3)15(17-4)11-12-9-10-18-14-8-6-5-7-13(12)14/h5-8,12,15,17H,9-11H2,1-4H3. The van der Waals surface area contributed by atoms with Gasteiger partial charge in [0.25, 0.3) is 0 Å². The average molecular weight is 247 g/mol. The Morgan fingerprint density at radius 1 is 1.33 bits per heavy atom. The second kappa shape index (κ2) is 5.31. The first-order valence-electron chi connectivity index (χ1n) is 6.91. The molecule has 0 spiro atoms. The SMILES string of the molecule is CNC(CC1CCOc2ccccc21)C(C)(C)C. The zero-order valence-corrected chi connectivity index (χ0v) is 12.0. The first-order valence-corrected chi connectivity index (χ1v) is 6.91. The van der Waals surface area contributed by atoms with Gasteiger partial charge in [0.2, 0.25) is 0 Å². The molecule has 0 bridgehead atoms. The summed E-state index contributed by atoms with van der Waals surface area (Å²) in [5, 5.41) is 3.48. The van der Waals surface area contributed by atoms with E-state index in [1.54, 1.807) is 0 Å². The van der Waals surface area contributed by atoms with Gasteiger partial charge in [0, 0.05) is 6.04 Å². The van der Waals surface area contributed by atoms with Gasteiger partial charge in [-0.05, 0) is 42.9 Å². The summed E-state index contributed by atoms with van der Waals surface area (Å²) in [7, 11) is 2.07. The first-order chi connectivity index (χ1) is 8.52. The van der Waals surface area contributed by atoms with Crippen LogP contribution in [0.4, 0.5) is 0 Å². The van der Waals surface area contributed by atoms with Crippen LogP contribution in [-0.4, -0.2) is 19.7 Å². The minimum absolute atomic E-state index is 0.294. The summed E-state index contributed by atoms with van der Waals surface area (Å²) in [4.78, 5) is 0. The minimum Gasteiger partial charge on any atom is -0.493 e. The van der Waals surface area contributed by atoms with Crippen LogP contribution >= 0.6 is 0 Å². The van der Waals surface area contributed by atoms with Crippen molar-refractivity contribution in [2.75, 3.05) is 13.7 Å². The van der Waals surface area contributed by atoms with Gasteiger partial charge in [0.15, 0.2) is 0 Å². The normalized spacial score (nSPS) is 21.0. The molecule has 2 unspecified atom stereocenters. The van der Waals surface area contributed by atoms with Gasteiger partial charge >= 0.3 is 0 Å². The number of hydrogen-bond donors (Lipinski definition) is 1. The van der Waals surface area contributed by atoms with Crippen molar-refractivity contribution in [2.24, 2.45) is 5.41 Å². The highest BCUT2D eigenvalue weighted by Gasteiger charge is 2.29. The Hall–Kier alpha value is -1.02. The number of rotatable bonds is 3. The van der Waals surface area contributed by atoms with E-state index in [9.17, 15) is 0 Å². The fourth-order valence-electron chi connectivity index (χ4n) is 2.85. The van der Waals surface area contributed by atoms with E-state index in [-0.39, 0.29) is 0 Å². The zero-order chi connectivity index (χ0) is 13.2. The van der Waals surface area contributed by atoms with E-state index in [1.165, 1.54) is 12.0 Å². The number of hydrogen-bond acceptors (Lipinski definition) is 2. The molecule has 1 aromatic rings. The maximum Gasteiger partial charge on any atom is 0.122 e. The fourth-order valence-corrected chi connectivity index (χ4v) is 2.85. The summed E-state index contributed by atoms with van der Waals surface area (Å²) in [6.07, 6.45) is 2.31. The molecule has 1 aliphatic rings. The Bertz CT molecular complexity index is 394. The van der Waals surface area contributed by atoms with Crippen LogP contribution in [0.1, 0.15) is 45.1 Å². The quantitative estimate of drug-likeness (QED) is 0.881. The van der Waals surface area contributed by atoms with Gasteiger partial charge in [-0.15, -0.1) is 0 Å². The molecule has 1 aliphatic heterocycles. The van der Waals surface area contributed by atoms with Gasteiger partial charge < -0.3 is 10.1 Å². The minimum atomic E-state index is 0.294. The second-order valence-electron chi connectivity index (χ2n) is 6.31. The van der Waals surface area contributed by atoms with Crippen LogP contribution in [0, 0.1) is 5.41 Å². The van der Waals surface area contributed by atoms with Gasteiger partial charge in [-0.2, -0.15) is 0 Å². The number of fused-ring (bicyclic) bond motifs is 1. The van der Waals surface area contributed by atoms with Crippen molar-refractivity contribution in [2.45, 2.75) is 45.6 Å². The molecule has 2 nitrogen and oxygen atoms in total. The third-order valence-electron chi connectivity index (χ3n) is 4.00. The van der Waals surface area contributed by atoms with Crippen LogP contribution in [-0.2, 0) is 0 Å². The van der Waals surface area contributed by atoms with Crippen LogP contribution in [0.2, 0.25) is 0 Å². The van der Waals surface area contributed by atoms with Crippen molar-refractivity contribution < 1.29 is 4.74 Å². The highest BCUT2D eigenvalue weighted by molar-refractivity contribution is 5.37. The van der Waals surface area contributed by atoms with Crippen LogP contribution in [0.5, 0.6) is 5.75 Å². The van der Waals surface area contributed by atoms with Crippen molar-refractivity contribution in [3.8, 4) is 5.75 Å². The van der Waals surface area contributed by atoms with Crippen molar-refractivity contribution in [3.05, 3.63) is 29.8 Å². The molecule has 1 heterocycles. The van der Waals surface area contributed by atoms with Gasteiger partial charge in [0.1, 0.15) is 5.75 Å². The number of para-hydroxylation sites is 1. The predicted octanol–water partition coefficient (Wildman–Crippen LogP) is 3.58. The Labute approximate surface area is 111 Å². The molecule has 2 heteroatoms. The molecule has 100 valence electrons. The highest BCUT2D eigenvalue weighted by atomic mass is 16.5. The largest absolute Gasteiger partial charge is 0.493 e. The smallest absolute Gasteiger partial charge is 0.122 e. The van der Waals surface area contributed by atoms with Crippen molar-refractivity contribution >= 4 is 0 Å². The molecule has 18 heavy (non-hydrogen) atoms. The molecular weight excluding hydrogens is 222 g/mol. The van der Waals surface area contributed by atoms with E-state index < -0.39 is 0 Å². The fraction of sp³-hybridized carbons (Fsp3) is 0.625. The Kier molecular flexibility index (Phi) is 3.96. The molecule has 0 saturated heterocycles. The van der Waals surface area contributed by atoms with Crippen LogP contribution in [0.25, 0.3) is 0 Å². The summed E-state index contributed by atoms with van der Waals surface area (Å²) in [6.45, 7) is 7.76. The van der Waals surface area contributed by atoms with Crippen molar-refractivity contribution in [1.82, 2.24) is 5.32 Å². The van der Waals surface area contributed by atoms with E-state index in [4.69, 9.17) is 4.74 Å². The van der Waals surface area contributed by atoms with E-state index in [0.717, 1.165) is 18.8 Å². The molecule has 0 saturated carbocycles. The van der Waals surface area contributed by atoms with Gasteiger partial charge in [-0.3, -0.25) is 0 Å². The topological polar surface area (TPSA) is 21.3 Å². The Morgan fingerprint density at radius 3 is 2.72 bits per heavy atom. The van der Waals surface area contributed by atoms with Gasteiger partial charge in [-0.25, -0.2) is 0 Å². The Balaban J connectivity index is 2.16. The molecule has 1 aromatic carbocycles. The van der Waals surface area contributed by atoms with E-state index in [2.05, 4.69) is 57.4 Å². The molecule has 0 aliphatic carbocycles. The number of benzene rings is 1. The number of ether oxygens (including phenoxy) is 1. The molecule has 2 rings (SSSR count). The summed E-state index contributed by atoms with van der Waals surface area (Å²) in [5.74, 6) is 1.70. The lowest BCUT2D eigenvalue weighted by molar-refractivity contribution is 0.217. The maximum atomic E-state index is 5.73. The zero-order valence-electron chi connectivity index (χ0n) is 12.0. The van der Waals surface area contributed by atoms with E-state index in [1.807, 2.05) is 0 Å². The second-order valence-corrected chi connectivity index (χ2v) is 6.31. The van der Waals surface area contributed by atoms with E-state index >= 15 is 0 Å². The molecular formula is C16H25NO. The lowest BCUT2D eigenvalue weighted by atomic mass is 9.78. The van der Waals surface area contributed by atoms with Crippen LogP contribution in [0.15, 0.2) is 24.3 Å². The lowest BCUT2D eigenvalue weighted by Crippen LogP contribution is -2.39. The molecule has 0 amide bonds. The van der Waals surface area contributed by atoms with Crippen LogP contribution in [0.3, 0.4) is 0 Å². The Morgan fingerprint density at radius 2 is 2.06 bits per heavy atom. The summed E-state index contributed by atoms with van der Waals surface area (Å²) < 4.78 is 5.73. The monoisotopic (exact) mass is 247 g/mol. The molecule has 2 atom stereocenters.